The molecule has 0 atom stereocenters. The number of nitrogens with one attached hydrogen (secondary N) is 2. The molecule has 0 saturated heterocycles. The summed E-state index contributed by atoms with van der Waals surface area (Å²) in [5.74, 6) is 0.0936. The van der Waals surface area contributed by atoms with Crippen LogP contribution in [0.2, 0.25) is 5.15 Å². The van der Waals surface area contributed by atoms with Crippen molar-refractivity contribution >= 4 is 59.8 Å². The number of hydrogen-bond acceptors (Lipinski definition) is 7. The van der Waals surface area contributed by atoms with Gasteiger partial charge in [-0.15, -0.1) is 10.2 Å². The van der Waals surface area contributed by atoms with Crippen molar-refractivity contribution in [3.63, 3.8) is 0 Å². The molecule has 0 amide bonds. The lowest BCUT2D eigenvalue weighted by Gasteiger charge is -2.08. The van der Waals surface area contributed by atoms with Crippen molar-refractivity contribution in [1.29, 1.82) is 0 Å². The molecule has 0 bridgehead atoms. The summed E-state index contributed by atoms with van der Waals surface area (Å²) < 4.78 is 28.3. The van der Waals surface area contributed by atoms with Crippen LogP contribution in [0, 0.1) is 0 Å². The minimum Gasteiger partial charge on any atom is -0.332 e. The van der Waals surface area contributed by atoms with Crippen LogP contribution in [0.3, 0.4) is 0 Å². The third-order valence-electron chi connectivity index (χ3n) is 3.58. The average Bonchev–Trinajstić information content (AvgIpc) is 3.06. The van der Waals surface area contributed by atoms with Gasteiger partial charge in [0.1, 0.15) is 0 Å². The number of benzene rings is 2. The van der Waals surface area contributed by atoms with Crippen molar-refractivity contribution in [2.45, 2.75) is 4.90 Å². The second-order valence-corrected chi connectivity index (χ2v) is 8.58. The SMILES string of the molecule is O=S(=O)(Nc1ccc(Cl)nn1)c1ccc(Nc2nc3ccccc3s2)cc1. The van der Waals surface area contributed by atoms with E-state index in [9.17, 15) is 8.42 Å². The zero-order valence-corrected chi connectivity index (χ0v) is 16.0. The van der Waals surface area contributed by atoms with E-state index in [-0.39, 0.29) is 15.9 Å². The highest BCUT2D eigenvalue weighted by Gasteiger charge is 2.15. The fourth-order valence-corrected chi connectivity index (χ4v) is 4.32. The highest BCUT2D eigenvalue weighted by atomic mass is 35.5. The second kappa shape index (κ2) is 7.10. The molecular formula is C17H12ClN5O2S2. The first-order valence-electron chi connectivity index (χ1n) is 7.74. The van der Waals surface area contributed by atoms with E-state index in [1.54, 1.807) is 12.1 Å². The first-order chi connectivity index (χ1) is 13.0. The Morgan fingerprint density at radius 2 is 1.70 bits per heavy atom. The quantitative estimate of drug-likeness (QED) is 0.503. The second-order valence-electron chi connectivity index (χ2n) is 5.48. The van der Waals surface area contributed by atoms with Gasteiger partial charge in [0.15, 0.2) is 16.1 Å². The predicted molar refractivity (Wildman–Crippen MR) is 107 cm³/mol. The average molecular weight is 418 g/mol. The molecule has 7 nitrogen and oxygen atoms in total. The van der Waals surface area contributed by atoms with Crippen LogP contribution in [-0.4, -0.2) is 23.6 Å². The molecule has 2 aromatic heterocycles. The molecule has 0 aliphatic carbocycles. The Hall–Kier alpha value is -2.75. The Morgan fingerprint density at radius 3 is 2.41 bits per heavy atom. The molecule has 2 aromatic carbocycles. The number of halogens is 1. The number of para-hydroxylation sites is 1. The van der Waals surface area contributed by atoms with Crippen LogP contribution in [0.5, 0.6) is 0 Å². The van der Waals surface area contributed by atoms with E-state index in [1.807, 2.05) is 24.3 Å². The van der Waals surface area contributed by atoms with E-state index in [2.05, 4.69) is 25.2 Å². The van der Waals surface area contributed by atoms with Crippen molar-refractivity contribution in [1.82, 2.24) is 15.2 Å². The van der Waals surface area contributed by atoms with E-state index in [0.717, 1.165) is 21.0 Å². The van der Waals surface area contributed by atoms with E-state index in [4.69, 9.17) is 11.6 Å². The molecule has 0 aliphatic heterocycles. The number of nitrogens with zero attached hydrogens (tertiary/aromatic N) is 3. The molecule has 27 heavy (non-hydrogen) atoms. The standard InChI is InChI=1S/C17H12ClN5O2S2/c18-15-9-10-16(22-21-15)23-27(24,25)12-7-5-11(6-8-12)19-17-20-13-3-1-2-4-14(13)26-17/h1-10H,(H,19,20)(H,22,23). The molecule has 0 unspecified atom stereocenters. The van der Waals surface area contributed by atoms with E-state index in [0.29, 0.717) is 0 Å². The molecule has 4 rings (SSSR count). The lowest BCUT2D eigenvalue weighted by molar-refractivity contribution is 0.601. The van der Waals surface area contributed by atoms with Crippen LogP contribution >= 0.6 is 22.9 Å². The number of thiazole rings is 1. The van der Waals surface area contributed by atoms with E-state index < -0.39 is 10.0 Å². The first kappa shape index (κ1) is 17.7. The topological polar surface area (TPSA) is 96.9 Å². The fourth-order valence-electron chi connectivity index (χ4n) is 2.33. The van der Waals surface area contributed by atoms with Crippen molar-refractivity contribution in [3.05, 3.63) is 65.8 Å². The fraction of sp³-hybridized carbons (Fsp3) is 0. The molecule has 0 aliphatic rings. The van der Waals surface area contributed by atoms with Gasteiger partial charge in [-0.2, -0.15) is 0 Å². The Bertz CT molecular complexity index is 1160. The number of aromatic nitrogens is 3. The highest BCUT2D eigenvalue weighted by Crippen LogP contribution is 2.28. The lowest BCUT2D eigenvalue weighted by Crippen LogP contribution is -2.14. The van der Waals surface area contributed by atoms with Gasteiger partial charge < -0.3 is 5.32 Å². The van der Waals surface area contributed by atoms with E-state index >= 15 is 0 Å². The number of fused-ring (bicyclic) bond motifs is 1. The van der Waals surface area contributed by atoms with Crippen molar-refractivity contribution < 1.29 is 8.42 Å². The van der Waals surface area contributed by atoms with Gasteiger partial charge in [0, 0.05) is 5.69 Å². The molecule has 2 heterocycles. The van der Waals surface area contributed by atoms with Gasteiger partial charge in [-0.05, 0) is 48.5 Å². The normalized spacial score (nSPS) is 11.4. The minimum atomic E-state index is -3.77. The van der Waals surface area contributed by atoms with Gasteiger partial charge in [-0.25, -0.2) is 13.4 Å². The smallest absolute Gasteiger partial charge is 0.263 e. The molecule has 0 radical (unpaired) electrons. The van der Waals surface area contributed by atoms with Crippen molar-refractivity contribution in [2.75, 3.05) is 10.0 Å². The summed E-state index contributed by atoms with van der Waals surface area (Å²) in [7, 11) is -3.77. The van der Waals surface area contributed by atoms with Crippen LogP contribution in [0.1, 0.15) is 0 Å². The summed E-state index contributed by atoms with van der Waals surface area (Å²) in [6.45, 7) is 0. The van der Waals surface area contributed by atoms with Crippen LogP contribution in [0.25, 0.3) is 10.2 Å². The van der Waals surface area contributed by atoms with Crippen LogP contribution < -0.4 is 10.0 Å². The predicted octanol–water partition coefficient (Wildman–Crippen LogP) is 4.28. The van der Waals surface area contributed by atoms with Crippen molar-refractivity contribution in [3.8, 4) is 0 Å². The maximum atomic E-state index is 12.4. The largest absolute Gasteiger partial charge is 0.332 e. The summed E-state index contributed by atoms with van der Waals surface area (Å²) >= 11 is 7.17. The molecule has 0 fully saturated rings. The summed E-state index contributed by atoms with van der Waals surface area (Å²) in [4.78, 5) is 4.60. The van der Waals surface area contributed by atoms with Crippen molar-refractivity contribution in [2.24, 2.45) is 0 Å². The third-order valence-corrected chi connectivity index (χ3v) is 6.10. The lowest BCUT2D eigenvalue weighted by atomic mass is 10.3. The number of hydrogen-bond donors (Lipinski definition) is 2. The number of sulfonamides is 1. The van der Waals surface area contributed by atoms with Crippen LogP contribution in [0.15, 0.2) is 65.6 Å². The van der Waals surface area contributed by atoms with Gasteiger partial charge >= 0.3 is 0 Å². The summed E-state index contributed by atoms with van der Waals surface area (Å²) in [6, 6.07) is 17.1. The molecule has 2 N–H and O–H groups in total. The molecule has 0 saturated carbocycles. The highest BCUT2D eigenvalue weighted by molar-refractivity contribution is 7.92. The zero-order valence-electron chi connectivity index (χ0n) is 13.6. The van der Waals surface area contributed by atoms with E-state index in [1.165, 1.54) is 35.6 Å². The Morgan fingerprint density at radius 1 is 0.926 bits per heavy atom. The number of rotatable bonds is 5. The van der Waals surface area contributed by atoms with Gasteiger partial charge in [0.25, 0.3) is 10.0 Å². The first-order valence-corrected chi connectivity index (χ1v) is 10.4. The third kappa shape index (κ3) is 4.00. The summed E-state index contributed by atoms with van der Waals surface area (Å²) in [6.07, 6.45) is 0. The van der Waals surface area contributed by atoms with Crippen LogP contribution in [-0.2, 0) is 10.0 Å². The maximum Gasteiger partial charge on any atom is 0.263 e. The van der Waals surface area contributed by atoms with Gasteiger partial charge in [0.05, 0.1) is 15.1 Å². The Kier molecular flexibility index (Phi) is 4.65. The maximum absolute atomic E-state index is 12.4. The molecule has 10 heteroatoms. The monoisotopic (exact) mass is 417 g/mol. The molecule has 4 aromatic rings. The number of anilines is 3. The van der Waals surface area contributed by atoms with Gasteiger partial charge in [-0.3, -0.25) is 4.72 Å². The van der Waals surface area contributed by atoms with Gasteiger partial charge in [-0.1, -0.05) is 35.1 Å². The summed E-state index contributed by atoms with van der Waals surface area (Å²) in [5.41, 5.74) is 1.65. The Labute approximate surface area is 164 Å². The Balaban J connectivity index is 1.51. The molecule has 0 spiro atoms. The van der Waals surface area contributed by atoms with Crippen LogP contribution in [0.4, 0.5) is 16.6 Å². The zero-order chi connectivity index (χ0) is 18.9. The molecule has 136 valence electrons. The minimum absolute atomic E-state index is 0.0936. The van der Waals surface area contributed by atoms with Gasteiger partial charge in [0.2, 0.25) is 0 Å². The summed E-state index contributed by atoms with van der Waals surface area (Å²) in [5, 5.41) is 11.4. The molecular weight excluding hydrogens is 406 g/mol.